The topological polar surface area (TPSA) is 95.8 Å². The van der Waals surface area contributed by atoms with Gasteiger partial charge in [-0.15, -0.1) is 15.2 Å². The Kier molecular flexibility index (Phi) is 5.52. The first-order chi connectivity index (χ1) is 8.26. The highest BCUT2D eigenvalue weighted by Crippen LogP contribution is 2.11. The number of rotatable bonds is 2. The van der Waals surface area contributed by atoms with Crippen LogP contribution in [0, 0.1) is 0 Å². The maximum absolute atomic E-state index is 5.49. The van der Waals surface area contributed by atoms with Gasteiger partial charge in [-0.2, -0.15) is 9.97 Å². The van der Waals surface area contributed by atoms with Crippen molar-refractivity contribution in [3.8, 4) is 12.0 Å². The van der Waals surface area contributed by atoms with Crippen LogP contribution in [0.4, 0.5) is 0 Å². The summed E-state index contributed by atoms with van der Waals surface area (Å²) >= 11 is 5.49. The van der Waals surface area contributed by atoms with Gasteiger partial charge < -0.3 is 9.47 Å². The van der Waals surface area contributed by atoms with Crippen LogP contribution in [0.3, 0.4) is 0 Å². The second kappa shape index (κ2) is 7.23. The van der Waals surface area contributed by atoms with Crippen LogP contribution in [0.1, 0.15) is 0 Å². The van der Waals surface area contributed by atoms with E-state index in [0.29, 0.717) is 0 Å². The van der Waals surface area contributed by atoms with E-state index in [0.717, 1.165) is 0 Å². The first kappa shape index (κ1) is 13.0. The third kappa shape index (κ3) is 4.98. The first-order valence-electron chi connectivity index (χ1n) is 4.34. The van der Waals surface area contributed by atoms with Crippen molar-refractivity contribution in [2.75, 3.05) is 14.2 Å². The molecule has 9 heteroatoms. The van der Waals surface area contributed by atoms with E-state index in [1.165, 1.54) is 14.2 Å². The van der Waals surface area contributed by atoms with Crippen molar-refractivity contribution in [2.24, 2.45) is 0 Å². The smallest absolute Gasteiger partial charge is 0.323 e. The molecule has 0 atom stereocenters. The highest BCUT2D eigenvalue weighted by atomic mass is 35.5. The Labute approximate surface area is 102 Å². The van der Waals surface area contributed by atoms with E-state index in [2.05, 4.69) is 30.4 Å². The van der Waals surface area contributed by atoms with Gasteiger partial charge in [0.05, 0.1) is 26.6 Å². The molecule has 0 fully saturated rings. The molecule has 0 amide bonds. The molecule has 0 bridgehead atoms. The van der Waals surface area contributed by atoms with Crippen LogP contribution >= 0.6 is 11.6 Å². The number of hydrogen-bond donors (Lipinski definition) is 0. The maximum atomic E-state index is 5.49. The molecule has 0 unspecified atom stereocenters. The Morgan fingerprint density at radius 3 is 1.76 bits per heavy atom. The third-order valence-electron chi connectivity index (χ3n) is 1.34. The lowest BCUT2D eigenvalue weighted by Gasteiger charge is -1.99. The number of nitrogens with zero attached hydrogens (tertiary/aromatic N) is 6. The predicted molar refractivity (Wildman–Crippen MR) is 57.8 cm³/mol. The molecule has 0 aliphatic heterocycles. The van der Waals surface area contributed by atoms with Crippen molar-refractivity contribution in [3.05, 3.63) is 23.7 Å². The van der Waals surface area contributed by atoms with E-state index in [1.54, 1.807) is 18.5 Å². The van der Waals surface area contributed by atoms with Gasteiger partial charge in [0.25, 0.3) is 0 Å². The van der Waals surface area contributed by atoms with E-state index < -0.39 is 0 Å². The van der Waals surface area contributed by atoms with Gasteiger partial charge in [-0.25, -0.2) is 0 Å². The molecule has 0 aromatic carbocycles. The van der Waals surface area contributed by atoms with Crippen LogP contribution in [0.2, 0.25) is 5.28 Å². The van der Waals surface area contributed by atoms with Gasteiger partial charge in [0.2, 0.25) is 5.28 Å². The summed E-state index contributed by atoms with van der Waals surface area (Å²) in [5, 5.41) is 10.2. The zero-order valence-corrected chi connectivity index (χ0v) is 9.87. The quantitative estimate of drug-likeness (QED) is 0.762. The number of aromatic nitrogens is 6. The van der Waals surface area contributed by atoms with Gasteiger partial charge in [-0.3, -0.25) is 0 Å². The molecular formula is C8H9ClN6O2. The van der Waals surface area contributed by atoms with Crippen LogP contribution in [0.5, 0.6) is 12.0 Å². The highest BCUT2D eigenvalue weighted by Gasteiger charge is 2.03. The van der Waals surface area contributed by atoms with Crippen LogP contribution in [0.25, 0.3) is 0 Å². The molecule has 8 nitrogen and oxygen atoms in total. The van der Waals surface area contributed by atoms with E-state index in [1.807, 2.05) is 0 Å². The summed E-state index contributed by atoms with van der Waals surface area (Å²) < 4.78 is 9.42. The Bertz CT molecular complexity index is 394. The zero-order valence-electron chi connectivity index (χ0n) is 9.11. The molecule has 2 aromatic heterocycles. The summed E-state index contributed by atoms with van der Waals surface area (Å²) in [7, 11) is 2.87. The minimum absolute atomic E-state index is 0.0497. The summed E-state index contributed by atoms with van der Waals surface area (Å²) in [5.74, 6) is 0. The Morgan fingerprint density at radius 1 is 0.941 bits per heavy atom. The fourth-order valence-electron chi connectivity index (χ4n) is 0.702. The molecule has 0 spiro atoms. The van der Waals surface area contributed by atoms with Crippen molar-refractivity contribution in [1.29, 1.82) is 0 Å². The van der Waals surface area contributed by atoms with Gasteiger partial charge >= 0.3 is 12.0 Å². The summed E-state index contributed by atoms with van der Waals surface area (Å²) in [6.07, 6.45) is 3.15. The average molecular weight is 257 g/mol. The summed E-state index contributed by atoms with van der Waals surface area (Å²) in [6.45, 7) is 0. The molecule has 0 radical (unpaired) electrons. The first-order valence-corrected chi connectivity index (χ1v) is 4.72. The maximum Gasteiger partial charge on any atom is 0.323 e. The normalized spacial score (nSPS) is 8.88. The molecule has 0 saturated heterocycles. The van der Waals surface area contributed by atoms with Crippen molar-refractivity contribution < 1.29 is 9.47 Å². The summed E-state index contributed by atoms with van der Waals surface area (Å²) in [4.78, 5) is 11.0. The van der Waals surface area contributed by atoms with Crippen LogP contribution in [0.15, 0.2) is 18.5 Å². The minimum atomic E-state index is 0.0497. The minimum Gasteiger partial charge on any atom is -0.467 e. The van der Waals surface area contributed by atoms with Crippen LogP contribution < -0.4 is 9.47 Å². The number of hydrogen-bond acceptors (Lipinski definition) is 8. The SMILES string of the molecule is COc1nc(Cl)nc(OC)n1.c1cnnnc1. The van der Waals surface area contributed by atoms with Gasteiger partial charge in [0.1, 0.15) is 0 Å². The van der Waals surface area contributed by atoms with Crippen molar-refractivity contribution in [2.45, 2.75) is 0 Å². The molecule has 17 heavy (non-hydrogen) atoms. The van der Waals surface area contributed by atoms with Gasteiger partial charge in [0.15, 0.2) is 0 Å². The van der Waals surface area contributed by atoms with Crippen molar-refractivity contribution in [3.63, 3.8) is 0 Å². The molecule has 0 aliphatic rings. The number of ether oxygens (including phenoxy) is 2. The van der Waals surface area contributed by atoms with E-state index in [9.17, 15) is 0 Å². The Balaban J connectivity index is 0.000000202. The Morgan fingerprint density at radius 2 is 1.47 bits per heavy atom. The largest absolute Gasteiger partial charge is 0.467 e. The molecule has 2 rings (SSSR count). The molecular weight excluding hydrogens is 248 g/mol. The highest BCUT2D eigenvalue weighted by molar-refractivity contribution is 6.28. The van der Waals surface area contributed by atoms with Crippen LogP contribution in [-0.4, -0.2) is 44.6 Å². The lowest BCUT2D eigenvalue weighted by molar-refractivity contribution is 0.340. The second-order valence-electron chi connectivity index (χ2n) is 2.39. The fraction of sp³-hybridized carbons (Fsp3) is 0.250. The lowest BCUT2D eigenvalue weighted by Crippen LogP contribution is -1.98. The summed E-state index contributed by atoms with van der Waals surface area (Å²) in [5.41, 5.74) is 0. The van der Waals surface area contributed by atoms with E-state index in [4.69, 9.17) is 21.1 Å². The van der Waals surface area contributed by atoms with Crippen molar-refractivity contribution in [1.82, 2.24) is 30.4 Å². The van der Waals surface area contributed by atoms with Crippen LogP contribution in [-0.2, 0) is 0 Å². The van der Waals surface area contributed by atoms with Crippen molar-refractivity contribution >= 4 is 11.6 Å². The summed E-state index contributed by atoms with van der Waals surface area (Å²) in [6, 6.07) is 2.00. The number of methoxy groups -OCH3 is 2. The zero-order chi connectivity index (χ0) is 12.5. The molecule has 0 saturated carbocycles. The molecule has 0 N–H and O–H groups in total. The molecule has 2 aromatic rings. The van der Waals surface area contributed by atoms with Gasteiger partial charge in [-0.1, -0.05) is 0 Å². The van der Waals surface area contributed by atoms with E-state index in [-0.39, 0.29) is 17.3 Å². The monoisotopic (exact) mass is 256 g/mol. The predicted octanol–water partition coefficient (Wildman–Crippen LogP) is 0.414. The Hall–Kier alpha value is -2.09. The second-order valence-corrected chi connectivity index (χ2v) is 2.73. The molecule has 0 aliphatic carbocycles. The molecule has 90 valence electrons. The third-order valence-corrected chi connectivity index (χ3v) is 1.51. The van der Waals surface area contributed by atoms with Gasteiger partial charge in [0, 0.05) is 0 Å². The lowest BCUT2D eigenvalue weighted by atomic mass is 10.7. The molecule has 2 heterocycles. The standard InChI is InChI=1S/C5H6ClN3O2.C3H3N3/c1-10-4-7-3(6)8-5(9-4)11-2;1-2-4-6-5-3-1/h1-2H3;1-3H. The fourth-order valence-corrected chi connectivity index (χ4v) is 0.847. The van der Waals surface area contributed by atoms with Gasteiger partial charge in [-0.05, 0) is 22.9 Å². The number of halogens is 1. The average Bonchev–Trinajstić information content (AvgIpc) is 2.40. The van der Waals surface area contributed by atoms with E-state index >= 15 is 0 Å².